The molecule has 0 aromatic heterocycles. The largest absolute Gasteiger partial charge is 0.495 e. The number of ether oxygens (including phenoxy) is 1. The molecular weight excluding hydrogens is 280 g/mol. The van der Waals surface area contributed by atoms with Gasteiger partial charge in [-0.05, 0) is 24.5 Å². The summed E-state index contributed by atoms with van der Waals surface area (Å²) in [6.07, 6.45) is 1.29. The van der Waals surface area contributed by atoms with Crippen LogP contribution < -0.4 is 10.1 Å². The van der Waals surface area contributed by atoms with Crippen LogP contribution in [0.5, 0.6) is 5.75 Å². The number of hydrogen-bond acceptors (Lipinski definition) is 3. The van der Waals surface area contributed by atoms with E-state index in [4.69, 9.17) is 4.74 Å². The molecule has 1 rings (SSSR count). The van der Waals surface area contributed by atoms with Gasteiger partial charge in [-0.3, -0.25) is 9.59 Å². The van der Waals surface area contributed by atoms with Crippen LogP contribution in [0.4, 0.5) is 5.69 Å². The molecule has 0 aliphatic carbocycles. The third kappa shape index (κ3) is 5.76. The number of anilines is 1. The molecule has 122 valence electrons. The maximum atomic E-state index is 12.2. The van der Waals surface area contributed by atoms with Gasteiger partial charge >= 0.3 is 0 Å². The summed E-state index contributed by atoms with van der Waals surface area (Å²) in [7, 11) is 1.56. The first kappa shape index (κ1) is 18.0. The predicted octanol–water partition coefficient (Wildman–Crippen LogP) is 2.92. The average molecular weight is 306 g/mol. The van der Waals surface area contributed by atoms with Gasteiger partial charge in [0.05, 0.1) is 19.3 Å². The number of amides is 2. The molecule has 0 fully saturated rings. The Hall–Kier alpha value is -2.04. The molecule has 5 heteroatoms. The number of benzene rings is 1. The van der Waals surface area contributed by atoms with Crippen molar-refractivity contribution in [2.75, 3.05) is 25.5 Å². The Balaban J connectivity index is 2.69. The van der Waals surface area contributed by atoms with E-state index in [9.17, 15) is 9.59 Å². The van der Waals surface area contributed by atoms with Gasteiger partial charge in [-0.2, -0.15) is 0 Å². The Morgan fingerprint density at radius 2 is 1.95 bits per heavy atom. The normalized spacial score (nSPS) is 10.4. The maximum absolute atomic E-state index is 12.2. The third-order valence-corrected chi connectivity index (χ3v) is 3.14. The van der Waals surface area contributed by atoms with Crippen molar-refractivity contribution in [3.8, 4) is 5.75 Å². The van der Waals surface area contributed by atoms with Gasteiger partial charge < -0.3 is 15.0 Å². The molecule has 0 atom stereocenters. The molecule has 5 nitrogen and oxygen atoms in total. The standard InChI is InChI=1S/C17H26N2O3/c1-5-10-19(17(21)11-13(2)3)12-16(20)18-14-8-6-7-9-15(14)22-4/h6-9,13H,5,10-12H2,1-4H3,(H,18,20). The van der Waals surface area contributed by atoms with E-state index in [1.54, 1.807) is 24.1 Å². The Kier molecular flexibility index (Phi) is 7.43. The molecule has 0 bridgehead atoms. The zero-order valence-corrected chi connectivity index (χ0v) is 13.9. The van der Waals surface area contributed by atoms with Crippen molar-refractivity contribution < 1.29 is 14.3 Å². The SMILES string of the molecule is CCCN(CC(=O)Nc1ccccc1OC)C(=O)CC(C)C. The molecule has 2 amide bonds. The van der Waals surface area contributed by atoms with Gasteiger partial charge in [-0.15, -0.1) is 0 Å². The molecule has 1 N–H and O–H groups in total. The van der Waals surface area contributed by atoms with E-state index in [2.05, 4.69) is 5.32 Å². The summed E-state index contributed by atoms with van der Waals surface area (Å²) in [6, 6.07) is 7.22. The minimum atomic E-state index is -0.213. The number of nitrogens with zero attached hydrogens (tertiary/aromatic N) is 1. The Bertz CT molecular complexity index is 500. The van der Waals surface area contributed by atoms with Crippen LogP contribution in [0.2, 0.25) is 0 Å². The summed E-state index contributed by atoms with van der Waals surface area (Å²) < 4.78 is 5.20. The van der Waals surface area contributed by atoms with Gasteiger partial charge in [0.25, 0.3) is 0 Å². The minimum Gasteiger partial charge on any atom is -0.495 e. The number of carbonyl (C=O) groups is 2. The summed E-state index contributed by atoms with van der Waals surface area (Å²) >= 11 is 0. The summed E-state index contributed by atoms with van der Waals surface area (Å²) in [5.41, 5.74) is 0.614. The van der Waals surface area contributed by atoms with Gasteiger partial charge in [-0.1, -0.05) is 32.9 Å². The molecular formula is C17H26N2O3. The smallest absolute Gasteiger partial charge is 0.244 e. The van der Waals surface area contributed by atoms with Crippen molar-refractivity contribution in [3.63, 3.8) is 0 Å². The van der Waals surface area contributed by atoms with E-state index < -0.39 is 0 Å². The third-order valence-electron chi connectivity index (χ3n) is 3.14. The van der Waals surface area contributed by atoms with E-state index in [0.29, 0.717) is 24.4 Å². The van der Waals surface area contributed by atoms with E-state index >= 15 is 0 Å². The topological polar surface area (TPSA) is 58.6 Å². The zero-order valence-electron chi connectivity index (χ0n) is 13.9. The molecule has 22 heavy (non-hydrogen) atoms. The molecule has 0 saturated carbocycles. The Morgan fingerprint density at radius 3 is 2.55 bits per heavy atom. The average Bonchev–Trinajstić information content (AvgIpc) is 2.46. The predicted molar refractivity (Wildman–Crippen MR) is 87.9 cm³/mol. The van der Waals surface area contributed by atoms with Crippen LogP contribution in [0.3, 0.4) is 0 Å². The highest BCUT2D eigenvalue weighted by molar-refractivity contribution is 5.95. The molecule has 0 unspecified atom stereocenters. The second kappa shape index (κ2) is 9.07. The quantitative estimate of drug-likeness (QED) is 0.803. The second-order valence-corrected chi connectivity index (χ2v) is 5.66. The molecule has 0 radical (unpaired) electrons. The van der Waals surface area contributed by atoms with Crippen molar-refractivity contribution in [2.24, 2.45) is 5.92 Å². The summed E-state index contributed by atoms with van der Waals surface area (Å²) in [5, 5.41) is 2.80. The lowest BCUT2D eigenvalue weighted by molar-refractivity contribution is -0.135. The van der Waals surface area contributed by atoms with Crippen LogP contribution in [0.25, 0.3) is 0 Å². The molecule has 1 aromatic carbocycles. The fraction of sp³-hybridized carbons (Fsp3) is 0.529. The van der Waals surface area contributed by atoms with Gasteiger partial charge in [0, 0.05) is 13.0 Å². The van der Waals surface area contributed by atoms with Gasteiger partial charge in [-0.25, -0.2) is 0 Å². The molecule has 0 aliphatic heterocycles. The van der Waals surface area contributed by atoms with Crippen LogP contribution in [0, 0.1) is 5.92 Å². The number of rotatable bonds is 8. The lowest BCUT2D eigenvalue weighted by Crippen LogP contribution is -2.39. The molecule has 0 spiro atoms. The lowest BCUT2D eigenvalue weighted by atomic mass is 10.1. The number of carbonyl (C=O) groups excluding carboxylic acids is 2. The maximum Gasteiger partial charge on any atom is 0.244 e. The van der Waals surface area contributed by atoms with Gasteiger partial charge in [0.15, 0.2) is 0 Å². The summed E-state index contributed by atoms with van der Waals surface area (Å²) in [6.45, 7) is 6.64. The van der Waals surface area contributed by atoms with Crippen LogP contribution in [-0.2, 0) is 9.59 Å². The van der Waals surface area contributed by atoms with E-state index in [1.807, 2.05) is 32.9 Å². The summed E-state index contributed by atoms with van der Waals surface area (Å²) in [4.78, 5) is 26.0. The first-order valence-corrected chi connectivity index (χ1v) is 7.68. The Labute approximate surface area is 132 Å². The number of hydrogen-bond donors (Lipinski definition) is 1. The molecule has 0 saturated heterocycles. The highest BCUT2D eigenvalue weighted by Crippen LogP contribution is 2.22. The van der Waals surface area contributed by atoms with Crippen molar-refractivity contribution >= 4 is 17.5 Å². The first-order valence-electron chi connectivity index (χ1n) is 7.68. The van der Waals surface area contributed by atoms with Crippen molar-refractivity contribution in [2.45, 2.75) is 33.6 Å². The Morgan fingerprint density at radius 1 is 1.27 bits per heavy atom. The molecule has 1 aromatic rings. The van der Waals surface area contributed by atoms with Gasteiger partial charge in [0.2, 0.25) is 11.8 Å². The monoisotopic (exact) mass is 306 g/mol. The highest BCUT2D eigenvalue weighted by atomic mass is 16.5. The van der Waals surface area contributed by atoms with Crippen LogP contribution in [-0.4, -0.2) is 36.9 Å². The number of nitrogens with one attached hydrogen (secondary N) is 1. The lowest BCUT2D eigenvalue weighted by Gasteiger charge is -2.22. The second-order valence-electron chi connectivity index (χ2n) is 5.66. The van der Waals surface area contributed by atoms with Crippen molar-refractivity contribution in [3.05, 3.63) is 24.3 Å². The first-order chi connectivity index (χ1) is 10.5. The van der Waals surface area contributed by atoms with Crippen LogP contribution >= 0.6 is 0 Å². The van der Waals surface area contributed by atoms with E-state index in [0.717, 1.165) is 6.42 Å². The van der Waals surface area contributed by atoms with Crippen molar-refractivity contribution in [1.82, 2.24) is 4.90 Å². The molecule has 0 aliphatic rings. The minimum absolute atomic E-state index is 0.0204. The number of para-hydroxylation sites is 2. The molecule has 0 heterocycles. The zero-order chi connectivity index (χ0) is 16.5. The van der Waals surface area contributed by atoms with Crippen molar-refractivity contribution in [1.29, 1.82) is 0 Å². The van der Waals surface area contributed by atoms with E-state index in [-0.39, 0.29) is 24.3 Å². The fourth-order valence-electron chi connectivity index (χ4n) is 2.15. The van der Waals surface area contributed by atoms with E-state index in [1.165, 1.54) is 0 Å². The number of methoxy groups -OCH3 is 1. The fourth-order valence-corrected chi connectivity index (χ4v) is 2.15. The summed E-state index contributed by atoms with van der Waals surface area (Å²) in [5.74, 6) is 0.692. The van der Waals surface area contributed by atoms with Crippen LogP contribution in [0.1, 0.15) is 33.6 Å². The highest BCUT2D eigenvalue weighted by Gasteiger charge is 2.18. The van der Waals surface area contributed by atoms with Crippen LogP contribution in [0.15, 0.2) is 24.3 Å². The van der Waals surface area contributed by atoms with Gasteiger partial charge in [0.1, 0.15) is 5.75 Å².